The molecule has 6 nitrogen and oxygen atoms in total. The Hall–Kier alpha value is -1.41. The number of nitrogens with zero attached hydrogens (tertiary/aromatic N) is 4. The third-order valence-corrected chi connectivity index (χ3v) is 4.35. The van der Waals surface area contributed by atoms with Crippen LogP contribution in [-0.4, -0.2) is 36.6 Å². The molecule has 0 amide bonds. The lowest BCUT2D eigenvalue weighted by Gasteiger charge is -2.10. The molecule has 0 aliphatic heterocycles. The zero-order valence-corrected chi connectivity index (χ0v) is 13.2. The van der Waals surface area contributed by atoms with E-state index < -0.39 is 5.97 Å². The fourth-order valence-electron chi connectivity index (χ4n) is 1.75. The van der Waals surface area contributed by atoms with Gasteiger partial charge in [0.05, 0.1) is 23.0 Å². The van der Waals surface area contributed by atoms with E-state index in [1.165, 1.54) is 11.8 Å². The molecule has 0 fully saturated rings. The molecule has 2 rings (SSSR count). The normalized spacial score (nSPS) is 11.2. The van der Waals surface area contributed by atoms with Gasteiger partial charge >= 0.3 is 5.97 Å². The first-order chi connectivity index (χ1) is 9.47. The van der Waals surface area contributed by atoms with Gasteiger partial charge in [0, 0.05) is 11.3 Å². The standard InChI is InChI=1S/C12H16N4O2S2/c1-7(2)11-14-15-12(20-6-10(17)18)16(11)4-9-5-19-8(3)13-9/h5,7H,4,6H2,1-3H3,(H,17,18). The third-order valence-electron chi connectivity index (χ3n) is 2.57. The van der Waals surface area contributed by atoms with E-state index in [1.54, 1.807) is 11.3 Å². The van der Waals surface area contributed by atoms with Crippen LogP contribution in [0.5, 0.6) is 0 Å². The number of rotatable bonds is 6. The Morgan fingerprint density at radius 1 is 1.50 bits per heavy atom. The molecule has 2 aromatic rings. The lowest BCUT2D eigenvalue weighted by Crippen LogP contribution is -2.09. The molecule has 0 radical (unpaired) electrons. The van der Waals surface area contributed by atoms with Crippen molar-refractivity contribution in [3.63, 3.8) is 0 Å². The Balaban J connectivity index is 2.26. The van der Waals surface area contributed by atoms with Crippen LogP contribution in [0, 0.1) is 6.92 Å². The van der Waals surface area contributed by atoms with E-state index in [1.807, 2.05) is 30.7 Å². The van der Waals surface area contributed by atoms with E-state index in [9.17, 15) is 4.79 Å². The first-order valence-electron chi connectivity index (χ1n) is 6.16. The average Bonchev–Trinajstić information content (AvgIpc) is 2.94. The number of hydrogen-bond acceptors (Lipinski definition) is 6. The van der Waals surface area contributed by atoms with Gasteiger partial charge in [-0.1, -0.05) is 25.6 Å². The first kappa shape index (κ1) is 15.0. The van der Waals surface area contributed by atoms with E-state index >= 15 is 0 Å². The molecule has 0 saturated carbocycles. The summed E-state index contributed by atoms with van der Waals surface area (Å²) in [6, 6.07) is 0. The molecule has 0 bridgehead atoms. The number of hydrogen-bond donors (Lipinski definition) is 1. The summed E-state index contributed by atoms with van der Waals surface area (Å²) in [5.74, 6) is 0.192. The largest absolute Gasteiger partial charge is 0.481 e. The van der Waals surface area contributed by atoms with E-state index in [2.05, 4.69) is 15.2 Å². The predicted octanol–water partition coefficient (Wildman–Crippen LogP) is 2.39. The Morgan fingerprint density at radius 3 is 2.80 bits per heavy atom. The van der Waals surface area contributed by atoms with Crippen molar-refractivity contribution >= 4 is 29.1 Å². The number of carbonyl (C=O) groups is 1. The van der Waals surface area contributed by atoms with Gasteiger partial charge in [0.25, 0.3) is 0 Å². The van der Waals surface area contributed by atoms with Crippen molar-refractivity contribution in [3.8, 4) is 0 Å². The van der Waals surface area contributed by atoms with Crippen LogP contribution in [0.1, 0.15) is 36.3 Å². The number of aliphatic carboxylic acids is 1. The third kappa shape index (κ3) is 3.57. The van der Waals surface area contributed by atoms with Crippen molar-refractivity contribution in [2.45, 2.75) is 38.4 Å². The number of carboxylic acid groups (broad SMARTS) is 1. The summed E-state index contributed by atoms with van der Waals surface area (Å²) in [4.78, 5) is 15.1. The molecule has 20 heavy (non-hydrogen) atoms. The maximum Gasteiger partial charge on any atom is 0.313 e. The molecular weight excluding hydrogens is 296 g/mol. The highest BCUT2D eigenvalue weighted by Crippen LogP contribution is 2.23. The molecule has 0 aliphatic carbocycles. The number of aromatic nitrogens is 4. The van der Waals surface area contributed by atoms with E-state index in [4.69, 9.17) is 5.11 Å². The molecule has 2 heterocycles. The molecular formula is C12H16N4O2S2. The summed E-state index contributed by atoms with van der Waals surface area (Å²) in [6.07, 6.45) is 0. The highest BCUT2D eigenvalue weighted by Gasteiger charge is 2.17. The van der Waals surface area contributed by atoms with Gasteiger partial charge in [-0.25, -0.2) is 4.98 Å². The molecule has 0 unspecified atom stereocenters. The molecule has 0 saturated heterocycles. The summed E-state index contributed by atoms with van der Waals surface area (Å²) in [5.41, 5.74) is 0.950. The second-order valence-corrected chi connectivity index (χ2v) is 6.63. The van der Waals surface area contributed by atoms with Crippen LogP contribution in [0.15, 0.2) is 10.5 Å². The second-order valence-electron chi connectivity index (χ2n) is 4.62. The van der Waals surface area contributed by atoms with Crippen LogP contribution in [0.25, 0.3) is 0 Å². The van der Waals surface area contributed by atoms with Gasteiger partial charge in [0.15, 0.2) is 5.16 Å². The van der Waals surface area contributed by atoms with Crippen LogP contribution in [0.4, 0.5) is 0 Å². The van der Waals surface area contributed by atoms with Crippen molar-refractivity contribution in [1.29, 1.82) is 0 Å². The molecule has 1 N–H and O–H groups in total. The van der Waals surface area contributed by atoms with E-state index in [0.717, 1.165) is 16.5 Å². The van der Waals surface area contributed by atoms with Crippen molar-refractivity contribution < 1.29 is 9.90 Å². The van der Waals surface area contributed by atoms with Gasteiger partial charge in [-0.15, -0.1) is 21.5 Å². The van der Waals surface area contributed by atoms with Gasteiger partial charge < -0.3 is 5.11 Å². The molecule has 0 aliphatic rings. The van der Waals surface area contributed by atoms with E-state index in [0.29, 0.717) is 11.7 Å². The van der Waals surface area contributed by atoms with Crippen LogP contribution in [-0.2, 0) is 11.3 Å². The number of carboxylic acids is 1. The molecule has 8 heteroatoms. The number of thioether (sulfide) groups is 1. The van der Waals surface area contributed by atoms with Crippen molar-refractivity contribution in [1.82, 2.24) is 19.7 Å². The van der Waals surface area contributed by atoms with Crippen LogP contribution in [0.3, 0.4) is 0 Å². The second kappa shape index (κ2) is 6.36. The molecule has 0 atom stereocenters. The highest BCUT2D eigenvalue weighted by atomic mass is 32.2. The Morgan fingerprint density at radius 2 is 2.25 bits per heavy atom. The first-order valence-corrected chi connectivity index (χ1v) is 8.02. The minimum Gasteiger partial charge on any atom is -0.481 e. The van der Waals surface area contributed by atoms with Crippen molar-refractivity contribution in [3.05, 3.63) is 21.9 Å². The monoisotopic (exact) mass is 312 g/mol. The smallest absolute Gasteiger partial charge is 0.313 e. The van der Waals surface area contributed by atoms with E-state index in [-0.39, 0.29) is 11.7 Å². The Kier molecular flexibility index (Phi) is 4.77. The van der Waals surface area contributed by atoms with Gasteiger partial charge in [-0.3, -0.25) is 9.36 Å². The predicted molar refractivity (Wildman–Crippen MR) is 78.4 cm³/mol. The minimum absolute atomic E-state index is 0.0215. The number of aryl methyl sites for hydroxylation is 1. The average molecular weight is 312 g/mol. The quantitative estimate of drug-likeness (QED) is 0.825. The van der Waals surface area contributed by atoms with Crippen LogP contribution < -0.4 is 0 Å². The van der Waals surface area contributed by atoms with Gasteiger partial charge in [0.1, 0.15) is 5.82 Å². The maximum atomic E-state index is 10.7. The van der Waals surface area contributed by atoms with Gasteiger partial charge in [-0.2, -0.15) is 0 Å². The summed E-state index contributed by atoms with van der Waals surface area (Å²) in [6.45, 7) is 6.62. The summed E-state index contributed by atoms with van der Waals surface area (Å²) < 4.78 is 1.95. The maximum absolute atomic E-state index is 10.7. The Bertz CT molecular complexity index is 606. The summed E-state index contributed by atoms with van der Waals surface area (Å²) in [5, 5.41) is 20.7. The summed E-state index contributed by atoms with van der Waals surface area (Å²) >= 11 is 2.78. The topological polar surface area (TPSA) is 80.9 Å². The number of thiazole rings is 1. The van der Waals surface area contributed by atoms with Crippen LogP contribution >= 0.6 is 23.1 Å². The van der Waals surface area contributed by atoms with Crippen molar-refractivity contribution in [2.24, 2.45) is 0 Å². The summed E-state index contributed by atoms with van der Waals surface area (Å²) in [7, 11) is 0. The molecule has 2 aromatic heterocycles. The zero-order valence-electron chi connectivity index (χ0n) is 11.5. The SMILES string of the molecule is Cc1nc(Cn2c(SCC(=O)O)nnc2C(C)C)cs1. The lowest BCUT2D eigenvalue weighted by atomic mass is 10.2. The molecule has 0 spiro atoms. The fourth-order valence-corrected chi connectivity index (χ4v) is 3.02. The van der Waals surface area contributed by atoms with Crippen molar-refractivity contribution in [2.75, 3.05) is 5.75 Å². The van der Waals surface area contributed by atoms with Crippen LogP contribution in [0.2, 0.25) is 0 Å². The fraction of sp³-hybridized carbons (Fsp3) is 0.500. The zero-order chi connectivity index (χ0) is 14.7. The van der Waals surface area contributed by atoms with Gasteiger partial charge in [-0.05, 0) is 6.92 Å². The lowest BCUT2D eigenvalue weighted by molar-refractivity contribution is -0.133. The minimum atomic E-state index is -0.861. The molecule has 0 aromatic carbocycles. The van der Waals surface area contributed by atoms with Gasteiger partial charge in [0.2, 0.25) is 0 Å². The Labute approximate surface area is 125 Å². The highest BCUT2D eigenvalue weighted by molar-refractivity contribution is 7.99. The molecule has 108 valence electrons.